The lowest BCUT2D eigenvalue weighted by Crippen LogP contribution is -2.25. The highest BCUT2D eigenvalue weighted by Crippen LogP contribution is 2.14. The number of rotatable bonds is 6. The number of carbonyl (C=O) groups excluding carboxylic acids is 1. The summed E-state index contributed by atoms with van der Waals surface area (Å²) in [4.78, 5) is 11.8. The Kier molecular flexibility index (Phi) is 4.89. The van der Waals surface area contributed by atoms with Crippen LogP contribution in [0.25, 0.3) is 0 Å². The van der Waals surface area contributed by atoms with Crippen LogP contribution in [-0.4, -0.2) is 36.8 Å². The molecular weight excluding hydrogens is 276 g/mol. The molecule has 0 aliphatic heterocycles. The Morgan fingerprint density at radius 2 is 2.25 bits per heavy atom. The molecule has 0 saturated heterocycles. The first-order chi connectivity index (χ1) is 9.72. The van der Waals surface area contributed by atoms with Gasteiger partial charge in [-0.3, -0.25) is 4.79 Å². The van der Waals surface area contributed by atoms with Gasteiger partial charge in [-0.15, -0.1) is 10.2 Å². The molecule has 0 aliphatic rings. The molecule has 0 saturated carbocycles. The van der Waals surface area contributed by atoms with Crippen LogP contribution in [0.5, 0.6) is 5.75 Å². The van der Waals surface area contributed by atoms with Gasteiger partial charge in [0.1, 0.15) is 5.75 Å². The molecule has 106 valence electrons. The molecule has 1 aromatic heterocycles. The van der Waals surface area contributed by atoms with E-state index in [4.69, 9.17) is 4.74 Å². The fourth-order valence-corrected chi connectivity index (χ4v) is 2.25. The van der Waals surface area contributed by atoms with E-state index in [1.54, 1.807) is 14.2 Å². The second-order valence-electron chi connectivity index (χ2n) is 4.02. The molecule has 0 radical (unpaired) electrons. The first-order valence-corrected chi connectivity index (χ1v) is 6.97. The monoisotopic (exact) mass is 292 g/mol. The second kappa shape index (κ2) is 6.85. The van der Waals surface area contributed by atoms with Crippen molar-refractivity contribution in [3.05, 3.63) is 34.8 Å². The van der Waals surface area contributed by atoms with Gasteiger partial charge in [-0.2, -0.15) is 0 Å². The molecule has 0 bridgehead atoms. The van der Waals surface area contributed by atoms with Crippen molar-refractivity contribution < 1.29 is 9.53 Å². The third-order valence-corrected chi connectivity index (χ3v) is 3.61. The number of benzene rings is 1. The molecule has 0 unspecified atom stereocenters. The van der Waals surface area contributed by atoms with Gasteiger partial charge in [-0.1, -0.05) is 23.5 Å². The van der Waals surface area contributed by atoms with Gasteiger partial charge in [0.15, 0.2) is 0 Å². The summed E-state index contributed by atoms with van der Waals surface area (Å²) in [5.41, 5.74) is 1.11. The zero-order valence-electron chi connectivity index (χ0n) is 11.3. The maximum atomic E-state index is 11.8. The maximum Gasteiger partial charge on any atom is 0.282 e. The number of anilines is 1. The highest BCUT2D eigenvalue weighted by atomic mass is 32.1. The largest absolute Gasteiger partial charge is 0.497 e. The van der Waals surface area contributed by atoms with Gasteiger partial charge in [0, 0.05) is 13.6 Å². The normalized spacial score (nSPS) is 10.1. The van der Waals surface area contributed by atoms with Gasteiger partial charge in [-0.25, -0.2) is 0 Å². The topological polar surface area (TPSA) is 76.1 Å². The molecule has 1 heterocycles. The maximum absolute atomic E-state index is 11.8. The molecule has 1 amide bonds. The molecule has 2 rings (SSSR count). The summed E-state index contributed by atoms with van der Waals surface area (Å²) in [6.45, 7) is 0.542. The van der Waals surface area contributed by atoms with E-state index in [1.807, 2.05) is 24.3 Å². The molecule has 2 N–H and O–H groups in total. The van der Waals surface area contributed by atoms with Gasteiger partial charge in [0.2, 0.25) is 10.1 Å². The molecule has 20 heavy (non-hydrogen) atoms. The average Bonchev–Trinajstić information content (AvgIpc) is 2.96. The van der Waals surface area contributed by atoms with Gasteiger partial charge >= 0.3 is 0 Å². The molecule has 0 atom stereocenters. The van der Waals surface area contributed by atoms with Crippen molar-refractivity contribution in [2.75, 3.05) is 26.0 Å². The smallest absolute Gasteiger partial charge is 0.282 e. The average molecular weight is 292 g/mol. The lowest BCUT2D eigenvalue weighted by molar-refractivity contribution is 0.0953. The zero-order chi connectivity index (χ0) is 14.4. The minimum atomic E-state index is -0.202. The number of ether oxygens (including phenoxy) is 1. The Morgan fingerprint density at radius 3 is 2.95 bits per heavy atom. The van der Waals surface area contributed by atoms with Gasteiger partial charge in [-0.05, 0) is 24.1 Å². The Balaban J connectivity index is 1.84. The number of methoxy groups -OCH3 is 1. The highest BCUT2D eigenvalue weighted by Gasteiger charge is 2.11. The number of carbonyl (C=O) groups is 1. The van der Waals surface area contributed by atoms with E-state index < -0.39 is 0 Å². The van der Waals surface area contributed by atoms with Crippen LogP contribution in [0.4, 0.5) is 5.13 Å². The first-order valence-electron chi connectivity index (χ1n) is 6.15. The van der Waals surface area contributed by atoms with Gasteiger partial charge in [0.25, 0.3) is 5.91 Å². The van der Waals surface area contributed by atoms with Crippen LogP contribution in [0.1, 0.15) is 15.4 Å². The zero-order valence-corrected chi connectivity index (χ0v) is 12.2. The number of nitrogens with zero attached hydrogens (tertiary/aromatic N) is 2. The van der Waals surface area contributed by atoms with Crippen molar-refractivity contribution in [1.29, 1.82) is 0 Å². The van der Waals surface area contributed by atoms with E-state index in [0.717, 1.165) is 17.7 Å². The Bertz CT molecular complexity index is 585. The molecule has 1 aromatic carbocycles. The summed E-state index contributed by atoms with van der Waals surface area (Å²) >= 11 is 1.23. The number of hydrogen-bond acceptors (Lipinski definition) is 6. The van der Waals surface area contributed by atoms with E-state index in [9.17, 15) is 4.79 Å². The number of nitrogens with one attached hydrogen (secondary N) is 2. The number of aromatic nitrogens is 2. The molecule has 0 fully saturated rings. The van der Waals surface area contributed by atoms with Crippen molar-refractivity contribution in [2.45, 2.75) is 6.42 Å². The third kappa shape index (κ3) is 3.67. The van der Waals surface area contributed by atoms with Crippen molar-refractivity contribution >= 4 is 22.4 Å². The van der Waals surface area contributed by atoms with E-state index in [0.29, 0.717) is 16.7 Å². The van der Waals surface area contributed by atoms with E-state index in [1.165, 1.54) is 11.3 Å². The molecule has 0 aliphatic carbocycles. The van der Waals surface area contributed by atoms with Crippen molar-refractivity contribution in [3.63, 3.8) is 0 Å². The van der Waals surface area contributed by atoms with Crippen LogP contribution in [0.2, 0.25) is 0 Å². The fraction of sp³-hybridized carbons (Fsp3) is 0.308. The lowest BCUT2D eigenvalue weighted by atomic mass is 10.1. The minimum Gasteiger partial charge on any atom is -0.497 e. The fourth-order valence-electron chi connectivity index (χ4n) is 1.64. The van der Waals surface area contributed by atoms with Crippen LogP contribution < -0.4 is 15.4 Å². The number of amides is 1. The van der Waals surface area contributed by atoms with Crippen LogP contribution in [0.15, 0.2) is 24.3 Å². The summed E-state index contributed by atoms with van der Waals surface area (Å²) in [6.07, 6.45) is 0.737. The minimum absolute atomic E-state index is 0.202. The molecule has 6 nitrogen and oxygen atoms in total. The van der Waals surface area contributed by atoms with E-state index in [2.05, 4.69) is 20.8 Å². The molecule has 7 heteroatoms. The van der Waals surface area contributed by atoms with E-state index >= 15 is 0 Å². The number of hydrogen-bond donors (Lipinski definition) is 2. The highest BCUT2D eigenvalue weighted by molar-refractivity contribution is 7.17. The second-order valence-corrected chi connectivity index (χ2v) is 5.00. The molecular formula is C13H16N4O2S. The van der Waals surface area contributed by atoms with Crippen LogP contribution in [-0.2, 0) is 6.42 Å². The van der Waals surface area contributed by atoms with Crippen LogP contribution in [0.3, 0.4) is 0 Å². The first kappa shape index (κ1) is 14.3. The van der Waals surface area contributed by atoms with Crippen LogP contribution >= 0.6 is 11.3 Å². The van der Waals surface area contributed by atoms with Crippen molar-refractivity contribution in [1.82, 2.24) is 15.5 Å². The standard InChI is InChI=1S/C13H16N4O2S/c1-14-13-17-16-12(20-13)11(18)15-7-6-9-4-3-5-10(8-9)19-2/h3-5,8H,6-7H2,1-2H3,(H,14,17)(H,15,18). The molecule has 2 aromatic rings. The summed E-state index contributed by atoms with van der Waals surface area (Å²) < 4.78 is 5.16. The Hall–Kier alpha value is -2.15. The SMILES string of the molecule is CNc1nnc(C(=O)NCCc2cccc(OC)c2)s1. The summed E-state index contributed by atoms with van der Waals surface area (Å²) in [6, 6.07) is 7.78. The van der Waals surface area contributed by atoms with Crippen molar-refractivity contribution in [2.24, 2.45) is 0 Å². The lowest BCUT2D eigenvalue weighted by Gasteiger charge is -2.05. The predicted octanol–water partition coefficient (Wildman–Crippen LogP) is 1.56. The summed E-state index contributed by atoms with van der Waals surface area (Å²) in [5, 5.41) is 14.3. The quantitative estimate of drug-likeness (QED) is 0.845. The summed E-state index contributed by atoms with van der Waals surface area (Å²) in [5.74, 6) is 0.614. The Morgan fingerprint density at radius 1 is 1.40 bits per heavy atom. The third-order valence-electron chi connectivity index (χ3n) is 2.67. The summed E-state index contributed by atoms with van der Waals surface area (Å²) in [7, 11) is 3.38. The van der Waals surface area contributed by atoms with Crippen LogP contribution in [0, 0.1) is 0 Å². The molecule has 0 spiro atoms. The van der Waals surface area contributed by atoms with Gasteiger partial charge < -0.3 is 15.4 Å². The van der Waals surface area contributed by atoms with Crippen molar-refractivity contribution in [3.8, 4) is 5.75 Å². The van der Waals surface area contributed by atoms with Gasteiger partial charge in [0.05, 0.1) is 7.11 Å². The van der Waals surface area contributed by atoms with E-state index in [-0.39, 0.29) is 5.91 Å². The Labute approximate surface area is 121 Å². The predicted molar refractivity (Wildman–Crippen MR) is 78.5 cm³/mol.